The number of hydrogen-bond donors (Lipinski definition) is 1. The molecule has 1 atom stereocenters. The van der Waals surface area contributed by atoms with Crippen LogP contribution in [0.3, 0.4) is 0 Å². The lowest BCUT2D eigenvalue weighted by Crippen LogP contribution is -2.16. The molecule has 0 aliphatic carbocycles. The molecule has 2 heteroatoms. The molecular weight excluding hydrogens is 189 g/mol. The van der Waals surface area contributed by atoms with Crippen molar-refractivity contribution in [2.24, 2.45) is 0 Å². The number of aryl methyl sites for hydroxylation is 1. The van der Waals surface area contributed by atoms with E-state index < -0.39 is 0 Å². The quantitative estimate of drug-likeness (QED) is 0.745. The van der Waals surface area contributed by atoms with Crippen LogP contribution in [0.1, 0.15) is 30.0 Å². The van der Waals surface area contributed by atoms with Crippen molar-refractivity contribution in [3.8, 4) is 12.3 Å². The Labute approximate surface area is 90.7 Å². The summed E-state index contributed by atoms with van der Waals surface area (Å²) >= 11 is 0. The molecule has 15 heavy (non-hydrogen) atoms. The van der Waals surface area contributed by atoms with Crippen LogP contribution in [-0.2, 0) is 0 Å². The van der Waals surface area contributed by atoms with Crippen LogP contribution in [0.4, 0.5) is 4.39 Å². The minimum Gasteiger partial charge on any atom is -0.313 e. The molecule has 0 fully saturated rings. The van der Waals surface area contributed by atoms with E-state index in [4.69, 9.17) is 6.42 Å². The summed E-state index contributed by atoms with van der Waals surface area (Å²) in [5.74, 6) is 2.41. The van der Waals surface area contributed by atoms with Crippen LogP contribution in [0.2, 0.25) is 0 Å². The van der Waals surface area contributed by atoms with Crippen LogP contribution < -0.4 is 5.32 Å². The van der Waals surface area contributed by atoms with Crippen LogP contribution in [0, 0.1) is 25.1 Å². The molecule has 0 aliphatic rings. The van der Waals surface area contributed by atoms with E-state index in [0.717, 1.165) is 17.5 Å². The molecule has 80 valence electrons. The van der Waals surface area contributed by atoms with E-state index in [-0.39, 0.29) is 11.9 Å². The van der Waals surface area contributed by atoms with Gasteiger partial charge in [-0.25, -0.2) is 4.39 Å². The maximum absolute atomic E-state index is 13.2. The molecule has 1 N–H and O–H groups in total. The average Bonchev–Trinajstić information content (AvgIpc) is 2.17. The fraction of sp³-hybridized carbons (Fsp3) is 0.385. The summed E-state index contributed by atoms with van der Waals surface area (Å²) in [6.45, 7) is 1.89. The first-order valence-corrected chi connectivity index (χ1v) is 5.05. The standard InChI is InChI=1S/C13H16FN/c1-4-5-6-13(15-3)11-7-10(2)8-12(14)9-11/h1,7-9,13,15H,5-6H2,2-3H3. The number of hydrogen-bond acceptors (Lipinski definition) is 1. The minimum atomic E-state index is -0.189. The van der Waals surface area contributed by atoms with Crippen molar-refractivity contribution in [2.45, 2.75) is 25.8 Å². The van der Waals surface area contributed by atoms with Gasteiger partial charge in [-0.05, 0) is 43.7 Å². The van der Waals surface area contributed by atoms with Gasteiger partial charge in [0, 0.05) is 12.5 Å². The highest BCUT2D eigenvalue weighted by Crippen LogP contribution is 2.20. The molecule has 0 aliphatic heterocycles. The molecule has 0 spiro atoms. The molecule has 1 nitrogen and oxygen atoms in total. The first kappa shape index (κ1) is 11.7. The summed E-state index contributed by atoms with van der Waals surface area (Å²) in [5, 5.41) is 3.15. The topological polar surface area (TPSA) is 12.0 Å². The first-order chi connectivity index (χ1) is 7.17. The Hall–Kier alpha value is -1.33. The van der Waals surface area contributed by atoms with Crippen molar-refractivity contribution in [1.29, 1.82) is 0 Å². The van der Waals surface area contributed by atoms with Gasteiger partial charge in [0.15, 0.2) is 0 Å². The van der Waals surface area contributed by atoms with Crippen molar-refractivity contribution in [3.05, 3.63) is 35.1 Å². The second-order valence-corrected chi connectivity index (χ2v) is 3.65. The van der Waals surface area contributed by atoms with Crippen molar-refractivity contribution in [2.75, 3.05) is 7.05 Å². The summed E-state index contributed by atoms with van der Waals surface area (Å²) in [6, 6.07) is 5.21. The third kappa shape index (κ3) is 3.38. The summed E-state index contributed by atoms with van der Waals surface area (Å²) in [5.41, 5.74) is 1.90. The average molecular weight is 205 g/mol. The van der Waals surface area contributed by atoms with E-state index in [1.54, 1.807) is 6.07 Å². The van der Waals surface area contributed by atoms with Crippen LogP contribution >= 0.6 is 0 Å². The van der Waals surface area contributed by atoms with Gasteiger partial charge in [-0.3, -0.25) is 0 Å². The lowest BCUT2D eigenvalue weighted by atomic mass is 10.0. The van der Waals surface area contributed by atoms with Crippen molar-refractivity contribution in [1.82, 2.24) is 5.32 Å². The summed E-state index contributed by atoms with van der Waals surface area (Å²) < 4.78 is 13.2. The number of halogens is 1. The first-order valence-electron chi connectivity index (χ1n) is 5.05. The molecule has 0 amide bonds. The lowest BCUT2D eigenvalue weighted by molar-refractivity contribution is 0.549. The van der Waals surface area contributed by atoms with Gasteiger partial charge >= 0.3 is 0 Å². The van der Waals surface area contributed by atoms with Gasteiger partial charge in [0.05, 0.1) is 0 Å². The highest BCUT2D eigenvalue weighted by Gasteiger charge is 2.09. The maximum Gasteiger partial charge on any atom is 0.123 e. The van der Waals surface area contributed by atoms with Gasteiger partial charge in [0.2, 0.25) is 0 Å². The number of terminal acetylenes is 1. The minimum absolute atomic E-state index is 0.135. The summed E-state index contributed by atoms with van der Waals surface area (Å²) in [6.07, 6.45) is 6.74. The Morgan fingerprint density at radius 1 is 1.47 bits per heavy atom. The number of rotatable bonds is 4. The van der Waals surface area contributed by atoms with Gasteiger partial charge in [-0.2, -0.15) is 0 Å². The number of nitrogens with one attached hydrogen (secondary N) is 1. The van der Waals surface area contributed by atoms with Gasteiger partial charge in [-0.1, -0.05) is 6.07 Å². The molecule has 0 saturated heterocycles. The molecule has 0 saturated carbocycles. The molecule has 0 bridgehead atoms. The van der Waals surface area contributed by atoms with E-state index in [1.165, 1.54) is 6.07 Å². The second kappa shape index (κ2) is 5.53. The van der Waals surface area contributed by atoms with Crippen LogP contribution in [0.25, 0.3) is 0 Å². The summed E-state index contributed by atoms with van der Waals surface area (Å²) in [4.78, 5) is 0. The third-order valence-corrected chi connectivity index (χ3v) is 2.39. The highest BCUT2D eigenvalue weighted by atomic mass is 19.1. The highest BCUT2D eigenvalue weighted by molar-refractivity contribution is 5.26. The molecular formula is C13H16FN. The van der Waals surface area contributed by atoms with Crippen molar-refractivity contribution >= 4 is 0 Å². The van der Waals surface area contributed by atoms with E-state index in [2.05, 4.69) is 11.2 Å². The molecule has 1 aromatic carbocycles. The predicted octanol–water partition coefficient (Wildman–Crippen LogP) is 2.81. The Balaban J connectivity index is 2.87. The monoisotopic (exact) mass is 205 g/mol. The molecule has 1 unspecified atom stereocenters. The zero-order valence-electron chi connectivity index (χ0n) is 9.18. The van der Waals surface area contributed by atoms with Crippen LogP contribution in [0.15, 0.2) is 18.2 Å². The molecule has 0 heterocycles. The maximum atomic E-state index is 13.2. The lowest BCUT2D eigenvalue weighted by Gasteiger charge is -2.16. The van der Waals surface area contributed by atoms with Crippen LogP contribution in [-0.4, -0.2) is 7.05 Å². The number of benzene rings is 1. The van der Waals surface area contributed by atoms with E-state index in [1.807, 2.05) is 20.0 Å². The van der Waals surface area contributed by atoms with Gasteiger partial charge in [0.25, 0.3) is 0 Å². The summed E-state index contributed by atoms with van der Waals surface area (Å²) in [7, 11) is 1.86. The van der Waals surface area contributed by atoms with Gasteiger partial charge in [0.1, 0.15) is 5.82 Å². The zero-order valence-corrected chi connectivity index (χ0v) is 9.18. The van der Waals surface area contributed by atoms with Crippen molar-refractivity contribution in [3.63, 3.8) is 0 Å². The largest absolute Gasteiger partial charge is 0.313 e. The fourth-order valence-electron chi connectivity index (χ4n) is 1.67. The SMILES string of the molecule is C#CCCC(NC)c1cc(C)cc(F)c1. The van der Waals surface area contributed by atoms with Gasteiger partial charge < -0.3 is 5.32 Å². The van der Waals surface area contributed by atoms with Gasteiger partial charge in [-0.15, -0.1) is 12.3 Å². The van der Waals surface area contributed by atoms with Crippen LogP contribution in [0.5, 0.6) is 0 Å². The zero-order chi connectivity index (χ0) is 11.3. The fourth-order valence-corrected chi connectivity index (χ4v) is 1.67. The smallest absolute Gasteiger partial charge is 0.123 e. The van der Waals surface area contributed by atoms with E-state index in [9.17, 15) is 4.39 Å². The normalized spacial score (nSPS) is 12.1. The molecule has 1 rings (SSSR count). The van der Waals surface area contributed by atoms with E-state index >= 15 is 0 Å². The molecule has 1 aromatic rings. The Morgan fingerprint density at radius 3 is 2.73 bits per heavy atom. The molecule has 0 radical (unpaired) electrons. The molecule has 0 aromatic heterocycles. The predicted molar refractivity (Wildman–Crippen MR) is 61.0 cm³/mol. The van der Waals surface area contributed by atoms with E-state index in [0.29, 0.717) is 6.42 Å². The second-order valence-electron chi connectivity index (χ2n) is 3.65. The Bertz CT molecular complexity index is 345. The Morgan fingerprint density at radius 2 is 2.20 bits per heavy atom. The Kier molecular flexibility index (Phi) is 4.33. The van der Waals surface area contributed by atoms with Crippen molar-refractivity contribution < 1.29 is 4.39 Å². The third-order valence-electron chi connectivity index (χ3n) is 2.39.